The Bertz CT molecular complexity index is 662. The molecule has 1 N–H and O–H groups in total. The number of benzene rings is 1. The van der Waals surface area contributed by atoms with Crippen LogP contribution in [0.5, 0.6) is 0 Å². The van der Waals surface area contributed by atoms with Gasteiger partial charge in [0, 0.05) is 12.2 Å². The van der Waals surface area contributed by atoms with Crippen molar-refractivity contribution >= 4 is 39.0 Å². The summed E-state index contributed by atoms with van der Waals surface area (Å²) >= 11 is 3.50. The number of aromatic nitrogens is 1. The number of allylic oxidation sites excluding steroid dienone is 2. The molecule has 1 heterocycles. The lowest BCUT2D eigenvalue weighted by Crippen LogP contribution is -2.18. The quantitative estimate of drug-likeness (QED) is 0.658. The van der Waals surface area contributed by atoms with Crippen LogP contribution in [-0.2, 0) is 0 Å². The summed E-state index contributed by atoms with van der Waals surface area (Å²) in [5, 5.41) is 3.63. The molecule has 1 fully saturated rings. The molecule has 104 valence electrons. The molecule has 2 aromatic rings. The van der Waals surface area contributed by atoms with Gasteiger partial charge in [0.2, 0.25) is 0 Å². The molecule has 4 heteroatoms. The van der Waals surface area contributed by atoms with Crippen molar-refractivity contribution in [3.8, 4) is 0 Å². The third-order valence-electron chi connectivity index (χ3n) is 4.53. The molecule has 3 unspecified atom stereocenters. The first-order valence-electron chi connectivity index (χ1n) is 7.18. The second-order valence-electron chi connectivity index (χ2n) is 5.79. The second kappa shape index (κ2) is 5.08. The fraction of sp³-hybridized carbons (Fsp3) is 0.438. The van der Waals surface area contributed by atoms with Gasteiger partial charge >= 0.3 is 0 Å². The van der Waals surface area contributed by atoms with Gasteiger partial charge in [-0.05, 0) is 55.1 Å². The van der Waals surface area contributed by atoms with E-state index in [4.69, 9.17) is 0 Å². The van der Waals surface area contributed by atoms with Gasteiger partial charge in [-0.2, -0.15) is 0 Å². The molecule has 2 aliphatic carbocycles. The number of thiazole rings is 1. The average molecular weight is 302 g/mol. The Morgan fingerprint density at radius 1 is 1.35 bits per heavy atom. The fourth-order valence-electron chi connectivity index (χ4n) is 3.48. The molecule has 1 saturated carbocycles. The Kier molecular flexibility index (Phi) is 3.23. The summed E-state index contributed by atoms with van der Waals surface area (Å²) in [6.07, 6.45) is 9.68. The van der Waals surface area contributed by atoms with Gasteiger partial charge in [-0.15, -0.1) is 11.3 Å². The largest absolute Gasteiger partial charge is 0.385 e. The van der Waals surface area contributed by atoms with Crippen molar-refractivity contribution in [2.45, 2.75) is 17.2 Å². The fourth-order valence-corrected chi connectivity index (χ4v) is 5.01. The highest BCUT2D eigenvalue weighted by Crippen LogP contribution is 2.43. The minimum Gasteiger partial charge on any atom is -0.385 e. The molecule has 0 aliphatic heterocycles. The molecule has 0 spiro atoms. The molecule has 2 aliphatic rings. The van der Waals surface area contributed by atoms with E-state index in [1.54, 1.807) is 23.1 Å². The Morgan fingerprint density at radius 2 is 2.30 bits per heavy atom. The van der Waals surface area contributed by atoms with Gasteiger partial charge in [0.25, 0.3) is 0 Å². The van der Waals surface area contributed by atoms with Crippen LogP contribution in [0.1, 0.15) is 12.8 Å². The lowest BCUT2D eigenvalue weighted by molar-refractivity contribution is 0.472. The van der Waals surface area contributed by atoms with Gasteiger partial charge in [-0.3, -0.25) is 0 Å². The van der Waals surface area contributed by atoms with Crippen molar-refractivity contribution in [3.05, 3.63) is 30.4 Å². The zero-order chi connectivity index (χ0) is 13.5. The number of rotatable bonds is 4. The van der Waals surface area contributed by atoms with Crippen molar-refractivity contribution < 1.29 is 0 Å². The highest BCUT2D eigenvalue weighted by molar-refractivity contribution is 8.00. The minimum absolute atomic E-state index is 0.822. The van der Waals surface area contributed by atoms with E-state index in [1.165, 1.54) is 23.2 Å². The number of anilines is 1. The number of nitrogens with one attached hydrogen (secondary N) is 1. The molecule has 3 atom stereocenters. The van der Waals surface area contributed by atoms with Crippen LogP contribution in [0, 0.1) is 17.8 Å². The second-order valence-corrected chi connectivity index (χ2v) is 7.87. The predicted octanol–water partition coefficient (Wildman–Crippen LogP) is 4.64. The average Bonchev–Trinajstić information content (AvgIpc) is 3.18. The maximum Gasteiger partial charge on any atom is 0.150 e. The molecule has 0 amide bonds. The Balaban J connectivity index is 1.47. The first kappa shape index (κ1) is 12.7. The number of hydrogen-bond donors (Lipinski definition) is 1. The summed E-state index contributed by atoms with van der Waals surface area (Å²) in [7, 11) is 0. The molecular formula is C16H18N2S2. The van der Waals surface area contributed by atoms with Gasteiger partial charge < -0.3 is 5.32 Å². The highest BCUT2D eigenvalue weighted by Gasteiger charge is 2.35. The molecular weight excluding hydrogens is 284 g/mol. The molecule has 1 aromatic carbocycles. The SMILES string of the molecule is CSc1nc2ccc(NCC3CC4C=CC3C4)cc2s1. The van der Waals surface area contributed by atoms with Crippen LogP contribution in [0.15, 0.2) is 34.7 Å². The van der Waals surface area contributed by atoms with E-state index in [0.717, 1.165) is 34.2 Å². The standard InChI is InChI=1S/C16H18N2S2/c1-19-16-18-14-5-4-13(8-15(14)20-16)17-9-12-7-10-2-3-11(12)6-10/h2-5,8,10-12,17H,6-7,9H2,1H3. The van der Waals surface area contributed by atoms with Crippen LogP contribution in [0.2, 0.25) is 0 Å². The summed E-state index contributed by atoms with van der Waals surface area (Å²) in [6, 6.07) is 6.54. The van der Waals surface area contributed by atoms with E-state index in [2.05, 4.69) is 46.9 Å². The topological polar surface area (TPSA) is 24.9 Å². The van der Waals surface area contributed by atoms with E-state index in [0.29, 0.717) is 0 Å². The number of nitrogens with zero attached hydrogens (tertiary/aromatic N) is 1. The zero-order valence-corrected chi connectivity index (χ0v) is 13.1. The molecule has 2 nitrogen and oxygen atoms in total. The van der Waals surface area contributed by atoms with E-state index in [-0.39, 0.29) is 0 Å². The van der Waals surface area contributed by atoms with Gasteiger partial charge in [-0.1, -0.05) is 23.9 Å². The van der Waals surface area contributed by atoms with Crippen molar-refractivity contribution in [1.82, 2.24) is 4.98 Å². The Labute approximate surface area is 127 Å². The van der Waals surface area contributed by atoms with Gasteiger partial charge in [0.15, 0.2) is 4.34 Å². The summed E-state index contributed by atoms with van der Waals surface area (Å²) in [4.78, 5) is 4.59. The predicted molar refractivity (Wildman–Crippen MR) is 88.7 cm³/mol. The van der Waals surface area contributed by atoms with E-state index in [9.17, 15) is 0 Å². The lowest BCUT2D eigenvalue weighted by atomic mass is 9.93. The maximum atomic E-state index is 4.59. The van der Waals surface area contributed by atoms with Gasteiger partial charge in [-0.25, -0.2) is 4.98 Å². The molecule has 0 saturated heterocycles. The van der Waals surface area contributed by atoms with Crippen LogP contribution in [0.4, 0.5) is 5.69 Å². The van der Waals surface area contributed by atoms with Crippen molar-refractivity contribution in [1.29, 1.82) is 0 Å². The van der Waals surface area contributed by atoms with Crippen LogP contribution in [0.25, 0.3) is 10.2 Å². The van der Waals surface area contributed by atoms with Gasteiger partial charge in [0.05, 0.1) is 10.2 Å². The summed E-state index contributed by atoms with van der Waals surface area (Å²) < 4.78 is 2.43. The van der Waals surface area contributed by atoms with E-state index < -0.39 is 0 Å². The van der Waals surface area contributed by atoms with Gasteiger partial charge in [0.1, 0.15) is 0 Å². The molecule has 0 radical (unpaired) electrons. The highest BCUT2D eigenvalue weighted by atomic mass is 32.2. The van der Waals surface area contributed by atoms with Crippen LogP contribution in [0.3, 0.4) is 0 Å². The number of thioether (sulfide) groups is 1. The normalized spacial score (nSPS) is 27.6. The number of fused-ring (bicyclic) bond motifs is 3. The summed E-state index contributed by atoms with van der Waals surface area (Å²) in [5.41, 5.74) is 2.35. The zero-order valence-electron chi connectivity index (χ0n) is 11.5. The Hall–Kier alpha value is -1.000. The van der Waals surface area contributed by atoms with Crippen LogP contribution < -0.4 is 5.32 Å². The van der Waals surface area contributed by atoms with E-state index in [1.807, 2.05) is 0 Å². The van der Waals surface area contributed by atoms with Crippen molar-refractivity contribution in [2.24, 2.45) is 17.8 Å². The Morgan fingerprint density at radius 3 is 3.05 bits per heavy atom. The third-order valence-corrected chi connectivity index (χ3v) is 6.53. The lowest BCUT2D eigenvalue weighted by Gasteiger charge is -2.19. The first-order chi connectivity index (χ1) is 9.81. The van der Waals surface area contributed by atoms with Crippen LogP contribution >= 0.6 is 23.1 Å². The molecule has 1 aromatic heterocycles. The molecule has 2 bridgehead atoms. The summed E-state index contributed by atoms with van der Waals surface area (Å²) in [5.74, 6) is 2.51. The van der Waals surface area contributed by atoms with Crippen LogP contribution in [-0.4, -0.2) is 17.8 Å². The monoisotopic (exact) mass is 302 g/mol. The van der Waals surface area contributed by atoms with Crippen molar-refractivity contribution in [2.75, 3.05) is 18.1 Å². The minimum atomic E-state index is 0.822. The third kappa shape index (κ3) is 2.25. The number of hydrogen-bond acceptors (Lipinski definition) is 4. The van der Waals surface area contributed by atoms with Crippen molar-refractivity contribution in [3.63, 3.8) is 0 Å². The smallest absolute Gasteiger partial charge is 0.150 e. The first-order valence-corrected chi connectivity index (χ1v) is 9.23. The summed E-state index contributed by atoms with van der Waals surface area (Å²) in [6.45, 7) is 1.10. The molecule has 4 rings (SSSR count). The molecule has 20 heavy (non-hydrogen) atoms. The van der Waals surface area contributed by atoms with E-state index >= 15 is 0 Å². The maximum absolute atomic E-state index is 4.59.